The van der Waals surface area contributed by atoms with Gasteiger partial charge in [0.1, 0.15) is 12.1 Å². The van der Waals surface area contributed by atoms with Crippen LogP contribution in [0.15, 0.2) is 54.7 Å². The number of anilines is 2. The number of rotatable bonds is 13. The van der Waals surface area contributed by atoms with Gasteiger partial charge in [0.2, 0.25) is 17.7 Å². The first-order valence-electron chi connectivity index (χ1n) is 20.1. The molecule has 6 rings (SSSR count). The summed E-state index contributed by atoms with van der Waals surface area (Å²) < 4.78 is 47.7. The minimum Gasteiger partial charge on any atom is -0.476 e. The highest BCUT2D eigenvalue weighted by Crippen LogP contribution is 2.41. The number of alkyl halides is 3. The van der Waals surface area contributed by atoms with Crippen molar-refractivity contribution < 1.29 is 37.1 Å². The number of ether oxygens (including phenoxy) is 1. The Hall–Kier alpha value is -5.24. The SMILES string of the molecule is CC(C)c1cc(N2C(=S)N(c3ccc(C#N)c(C(F)(F)F)c3)C(=O)C2(C)C)cnc1OCCN1C[C@@H](C)N(CC(=O)Cc2cccc(CC3CCC(=O)NC3=O)c2)C[C@H]1C. The zero-order valence-electron chi connectivity index (χ0n) is 34.6. The molecule has 3 fully saturated rings. The summed E-state index contributed by atoms with van der Waals surface area (Å²) in [6.45, 7) is 14.2. The number of imide groups is 1. The molecule has 4 heterocycles. The van der Waals surface area contributed by atoms with Crippen LogP contribution in [-0.4, -0.2) is 93.8 Å². The van der Waals surface area contributed by atoms with Crippen LogP contribution in [0.4, 0.5) is 24.5 Å². The molecular formula is C44H50F3N7O5S. The average Bonchev–Trinajstić information content (AvgIpc) is 3.35. The molecule has 3 aromatic rings. The molecule has 3 aliphatic heterocycles. The zero-order valence-corrected chi connectivity index (χ0v) is 35.5. The van der Waals surface area contributed by atoms with Gasteiger partial charge in [-0.2, -0.15) is 18.4 Å². The number of ketones is 1. The minimum atomic E-state index is -4.81. The van der Waals surface area contributed by atoms with Crippen LogP contribution in [0.3, 0.4) is 0 Å². The van der Waals surface area contributed by atoms with Crippen molar-refractivity contribution in [1.82, 2.24) is 20.1 Å². The van der Waals surface area contributed by atoms with E-state index in [9.17, 15) is 37.6 Å². The number of carbonyl (C=O) groups excluding carboxylic acids is 4. The maximum absolute atomic E-state index is 13.8. The zero-order chi connectivity index (χ0) is 43.7. The molecular weight excluding hydrogens is 796 g/mol. The lowest BCUT2D eigenvalue weighted by molar-refractivity contribution is -0.138. The molecule has 3 atom stereocenters. The van der Waals surface area contributed by atoms with Gasteiger partial charge in [-0.3, -0.25) is 39.2 Å². The van der Waals surface area contributed by atoms with Crippen LogP contribution in [0.5, 0.6) is 5.88 Å². The van der Waals surface area contributed by atoms with Gasteiger partial charge in [-0.15, -0.1) is 0 Å². The highest BCUT2D eigenvalue weighted by Gasteiger charge is 2.51. The molecule has 0 radical (unpaired) electrons. The fourth-order valence-electron chi connectivity index (χ4n) is 8.23. The summed E-state index contributed by atoms with van der Waals surface area (Å²) in [6, 6.07) is 14.5. The monoisotopic (exact) mass is 845 g/mol. The summed E-state index contributed by atoms with van der Waals surface area (Å²) in [7, 11) is 0. The number of aromatic nitrogens is 1. The standard InChI is InChI=1S/C44H50F3N7O5S/c1-26(2)36-19-34(54-42(60)53(41(58)43(54,5)6)33-12-10-32(21-48)37(20-33)44(45,46)47)22-49-40(36)59-15-14-51-23-28(4)52(24-27(51)3)25-35(55)18-30-9-7-8-29(16-30)17-31-11-13-38(56)50-39(31)57/h7-10,12,16,19-20,22,26-28,31H,11,13-15,17-18,23-25H2,1-6H3,(H,50,56,57)/t27-,28-,31?/m1/s1. The van der Waals surface area contributed by atoms with Crippen LogP contribution < -0.4 is 19.9 Å². The lowest BCUT2D eigenvalue weighted by Gasteiger charge is -2.43. The van der Waals surface area contributed by atoms with Gasteiger partial charge in [-0.1, -0.05) is 38.1 Å². The van der Waals surface area contributed by atoms with E-state index < -0.39 is 28.7 Å². The number of pyridine rings is 1. The summed E-state index contributed by atoms with van der Waals surface area (Å²) in [5, 5.41) is 11.7. The molecule has 3 saturated heterocycles. The van der Waals surface area contributed by atoms with Crippen LogP contribution in [0, 0.1) is 17.2 Å². The number of benzene rings is 2. The molecule has 318 valence electrons. The molecule has 0 saturated carbocycles. The number of hydrogen-bond acceptors (Lipinski definition) is 10. The fourth-order valence-corrected chi connectivity index (χ4v) is 8.75. The third-order valence-electron chi connectivity index (χ3n) is 11.6. The normalized spacial score (nSPS) is 21.4. The Bertz CT molecular complexity index is 2220. The lowest BCUT2D eigenvalue weighted by atomic mass is 9.90. The number of Topliss-reactive ketones (excluding diaryl/α,β-unsaturated/α-hetero) is 1. The fraction of sp³-hybridized carbons (Fsp3) is 0.477. The van der Waals surface area contributed by atoms with Gasteiger partial charge in [0.25, 0.3) is 5.91 Å². The van der Waals surface area contributed by atoms with Gasteiger partial charge < -0.3 is 9.64 Å². The predicted octanol–water partition coefficient (Wildman–Crippen LogP) is 6.19. The van der Waals surface area contributed by atoms with Crippen molar-refractivity contribution in [2.24, 2.45) is 5.92 Å². The lowest BCUT2D eigenvalue weighted by Crippen LogP contribution is -2.58. The highest BCUT2D eigenvalue weighted by molar-refractivity contribution is 7.81. The van der Waals surface area contributed by atoms with Gasteiger partial charge in [0.05, 0.1) is 41.3 Å². The summed E-state index contributed by atoms with van der Waals surface area (Å²) in [4.78, 5) is 62.6. The van der Waals surface area contributed by atoms with E-state index in [2.05, 4.69) is 33.9 Å². The first-order chi connectivity index (χ1) is 28.3. The number of amides is 3. The second-order valence-corrected chi connectivity index (χ2v) is 17.1. The second-order valence-electron chi connectivity index (χ2n) is 16.8. The predicted molar refractivity (Wildman–Crippen MR) is 223 cm³/mol. The van der Waals surface area contributed by atoms with Crippen molar-refractivity contribution in [3.05, 3.63) is 82.5 Å². The second kappa shape index (κ2) is 17.8. The van der Waals surface area contributed by atoms with Crippen molar-refractivity contribution in [1.29, 1.82) is 5.26 Å². The topological polar surface area (TPSA) is 139 Å². The Morgan fingerprint density at radius 2 is 1.73 bits per heavy atom. The number of nitrogens with zero attached hydrogens (tertiary/aromatic N) is 6. The third-order valence-corrected chi connectivity index (χ3v) is 11.9. The third kappa shape index (κ3) is 9.53. The van der Waals surface area contributed by atoms with E-state index in [1.165, 1.54) is 6.07 Å². The molecule has 3 aliphatic rings. The van der Waals surface area contributed by atoms with Gasteiger partial charge in [0.15, 0.2) is 10.9 Å². The largest absolute Gasteiger partial charge is 0.476 e. The van der Waals surface area contributed by atoms with Gasteiger partial charge in [-0.05, 0) is 94.1 Å². The van der Waals surface area contributed by atoms with Gasteiger partial charge >= 0.3 is 6.18 Å². The van der Waals surface area contributed by atoms with Gasteiger partial charge in [0, 0.05) is 56.0 Å². The molecule has 16 heteroatoms. The Morgan fingerprint density at radius 1 is 1.03 bits per heavy atom. The van der Waals surface area contributed by atoms with Crippen LogP contribution in [0.2, 0.25) is 0 Å². The molecule has 1 aromatic heterocycles. The first-order valence-corrected chi connectivity index (χ1v) is 20.5. The number of carbonyl (C=O) groups is 4. The average molecular weight is 846 g/mol. The maximum Gasteiger partial charge on any atom is 0.417 e. The quantitative estimate of drug-likeness (QED) is 0.156. The van der Waals surface area contributed by atoms with E-state index >= 15 is 0 Å². The molecule has 60 heavy (non-hydrogen) atoms. The first kappa shape index (κ1) is 44.3. The van der Waals surface area contributed by atoms with E-state index in [-0.39, 0.29) is 58.7 Å². The van der Waals surface area contributed by atoms with Crippen molar-refractivity contribution in [2.45, 2.75) is 96.9 Å². The van der Waals surface area contributed by atoms with Crippen LogP contribution in [-0.2, 0) is 38.2 Å². The van der Waals surface area contributed by atoms with E-state index in [1.54, 1.807) is 31.0 Å². The number of halogens is 3. The minimum absolute atomic E-state index is 0.0202. The highest BCUT2D eigenvalue weighted by atomic mass is 32.1. The smallest absolute Gasteiger partial charge is 0.417 e. The van der Waals surface area contributed by atoms with Crippen LogP contribution in [0.1, 0.15) is 88.1 Å². The van der Waals surface area contributed by atoms with E-state index in [0.717, 1.165) is 40.3 Å². The number of nitriles is 1. The summed E-state index contributed by atoms with van der Waals surface area (Å²) >= 11 is 5.73. The van der Waals surface area contributed by atoms with Crippen LogP contribution in [0.25, 0.3) is 0 Å². The molecule has 0 bridgehead atoms. The number of piperidine rings is 1. The van der Waals surface area contributed by atoms with Crippen molar-refractivity contribution in [3.63, 3.8) is 0 Å². The number of piperazine rings is 1. The van der Waals surface area contributed by atoms with Crippen molar-refractivity contribution in [3.8, 4) is 11.9 Å². The Morgan fingerprint density at radius 3 is 2.42 bits per heavy atom. The van der Waals surface area contributed by atoms with E-state index in [0.29, 0.717) is 57.1 Å². The Balaban J connectivity index is 1.05. The molecule has 0 spiro atoms. The van der Waals surface area contributed by atoms with Crippen molar-refractivity contribution in [2.75, 3.05) is 42.6 Å². The Kier molecular flexibility index (Phi) is 13.1. The van der Waals surface area contributed by atoms with Crippen LogP contribution >= 0.6 is 12.2 Å². The number of hydrogen-bond donors (Lipinski definition) is 1. The van der Waals surface area contributed by atoms with Crippen molar-refractivity contribution >= 4 is 52.2 Å². The van der Waals surface area contributed by atoms with Gasteiger partial charge in [-0.25, -0.2) is 4.98 Å². The molecule has 0 aliphatic carbocycles. The maximum atomic E-state index is 13.8. The van der Waals surface area contributed by atoms with E-state index in [1.807, 2.05) is 44.2 Å². The molecule has 1 N–H and O–H groups in total. The molecule has 1 unspecified atom stereocenters. The summed E-state index contributed by atoms with van der Waals surface area (Å²) in [5.41, 5.74) is 0.0437. The van der Waals surface area contributed by atoms with E-state index in [4.69, 9.17) is 17.0 Å². The molecule has 12 nitrogen and oxygen atoms in total. The number of nitrogens with one attached hydrogen (secondary N) is 1. The summed E-state index contributed by atoms with van der Waals surface area (Å²) in [6.07, 6.45) is -1.59. The Labute approximate surface area is 353 Å². The molecule has 2 aromatic carbocycles. The number of thiocarbonyl (C=S) groups is 1. The molecule has 3 amide bonds. The summed E-state index contributed by atoms with van der Waals surface area (Å²) in [5.74, 6) is -0.771.